The van der Waals surface area contributed by atoms with Gasteiger partial charge in [-0.15, -0.1) is 0 Å². The first-order valence-electron chi connectivity index (χ1n) is 7.96. The Kier molecular flexibility index (Phi) is 7.10. The summed E-state index contributed by atoms with van der Waals surface area (Å²) in [4.78, 5) is 23.5. The zero-order chi connectivity index (χ0) is 15.9. The lowest BCUT2D eigenvalue weighted by Crippen LogP contribution is -2.56. The van der Waals surface area contributed by atoms with Crippen LogP contribution in [0.15, 0.2) is 0 Å². The molecule has 124 valence electrons. The van der Waals surface area contributed by atoms with Gasteiger partial charge in [-0.1, -0.05) is 33.1 Å². The third-order valence-electron chi connectivity index (χ3n) is 4.32. The quantitative estimate of drug-likeness (QED) is 0.506. The molecule has 3 atom stereocenters. The third-order valence-corrected chi connectivity index (χ3v) is 4.32. The van der Waals surface area contributed by atoms with Gasteiger partial charge in [-0.05, 0) is 26.2 Å². The predicted octanol–water partition coefficient (Wildman–Crippen LogP) is 3.61. The molecule has 21 heavy (non-hydrogen) atoms. The van der Waals surface area contributed by atoms with Crippen LogP contribution in [-0.2, 0) is 24.0 Å². The average molecular weight is 302 g/mol. The van der Waals surface area contributed by atoms with Crippen LogP contribution in [0.4, 0.5) is 0 Å². The Morgan fingerprint density at radius 1 is 1.14 bits per heavy atom. The molecule has 0 unspecified atom stereocenters. The first-order valence-corrected chi connectivity index (χ1v) is 7.96. The zero-order valence-corrected chi connectivity index (χ0v) is 14.1. The van der Waals surface area contributed by atoms with E-state index in [1.807, 2.05) is 6.92 Å². The van der Waals surface area contributed by atoms with Crippen molar-refractivity contribution in [2.45, 2.75) is 77.1 Å². The van der Waals surface area contributed by atoms with Crippen LogP contribution in [-0.4, -0.2) is 31.6 Å². The zero-order valence-electron chi connectivity index (χ0n) is 14.1. The Morgan fingerprint density at radius 2 is 1.76 bits per heavy atom. The van der Waals surface area contributed by atoms with E-state index < -0.39 is 17.3 Å². The fraction of sp³-hybridized carbons (Fsp3) is 0.938. The number of hydrogen-bond donors (Lipinski definition) is 0. The van der Waals surface area contributed by atoms with Crippen LogP contribution in [0.3, 0.4) is 0 Å². The highest BCUT2D eigenvalue weighted by molar-refractivity contribution is 5.73. The highest BCUT2D eigenvalue weighted by atomic mass is 17.2. The highest BCUT2D eigenvalue weighted by Gasteiger charge is 2.54. The van der Waals surface area contributed by atoms with Gasteiger partial charge >= 0.3 is 5.97 Å². The smallest absolute Gasteiger partial charge is 0.314 e. The molecule has 0 radical (unpaired) electrons. The fourth-order valence-electron chi connectivity index (χ4n) is 2.87. The van der Waals surface area contributed by atoms with Crippen LogP contribution < -0.4 is 0 Å². The molecule has 1 rings (SSSR count). The highest BCUT2D eigenvalue weighted by Crippen LogP contribution is 2.44. The molecule has 0 aromatic rings. The van der Waals surface area contributed by atoms with Crippen molar-refractivity contribution in [3.8, 4) is 0 Å². The van der Waals surface area contributed by atoms with E-state index in [1.165, 1.54) is 7.11 Å². The van der Waals surface area contributed by atoms with Crippen molar-refractivity contribution in [3.63, 3.8) is 0 Å². The van der Waals surface area contributed by atoms with Gasteiger partial charge in [0.15, 0.2) is 0 Å². The van der Waals surface area contributed by atoms with Crippen LogP contribution in [0, 0.1) is 5.92 Å². The van der Waals surface area contributed by atoms with Gasteiger partial charge in [0.2, 0.25) is 5.79 Å². The lowest BCUT2D eigenvalue weighted by Gasteiger charge is -2.46. The van der Waals surface area contributed by atoms with Crippen LogP contribution >= 0.6 is 0 Å². The largest absolute Gasteiger partial charge is 0.469 e. The maximum absolute atomic E-state index is 12.2. The third kappa shape index (κ3) is 4.41. The van der Waals surface area contributed by atoms with Gasteiger partial charge in [-0.2, -0.15) is 4.89 Å². The molecular formula is C16H30O5. The summed E-state index contributed by atoms with van der Waals surface area (Å²) in [5, 5.41) is 0. The average Bonchev–Trinajstić information content (AvgIpc) is 2.51. The topological polar surface area (TPSA) is 54.0 Å². The van der Waals surface area contributed by atoms with Crippen LogP contribution in [0.2, 0.25) is 0 Å². The second-order valence-electron chi connectivity index (χ2n) is 6.12. The number of rotatable bonds is 8. The molecule has 0 aromatic heterocycles. The Balaban J connectivity index is 2.93. The van der Waals surface area contributed by atoms with E-state index in [4.69, 9.17) is 19.2 Å². The molecule has 0 bridgehead atoms. The molecule has 1 fully saturated rings. The summed E-state index contributed by atoms with van der Waals surface area (Å²) in [7, 11) is 2.96. The summed E-state index contributed by atoms with van der Waals surface area (Å²) in [6.45, 7) is 6.20. The van der Waals surface area contributed by atoms with Crippen molar-refractivity contribution in [1.82, 2.24) is 0 Å². The number of methoxy groups -OCH3 is 2. The number of ether oxygens (including phenoxy) is 2. The van der Waals surface area contributed by atoms with Gasteiger partial charge in [-0.3, -0.25) is 4.79 Å². The monoisotopic (exact) mass is 302 g/mol. The fourth-order valence-corrected chi connectivity index (χ4v) is 2.87. The van der Waals surface area contributed by atoms with Crippen molar-refractivity contribution >= 4 is 5.97 Å². The van der Waals surface area contributed by atoms with Crippen molar-refractivity contribution in [2.75, 3.05) is 14.2 Å². The van der Waals surface area contributed by atoms with Crippen LogP contribution in [0.1, 0.15) is 65.7 Å². The predicted molar refractivity (Wildman–Crippen MR) is 79.5 cm³/mol. The summed E-state index contributed by atoms with van der Waals surface area (Å²) in [5.74, 6) is -1.79. The lowest BCUT2D eigenvalue weighted by atomic mass is 9.80. The van der Waals surface area contributed by atoms with Gasteiger partial charge < -0.3 is 9.47 Å². The van der Waals surface area contributed by atoms with Gasteiger partial charge in [0, 0.05) is 13.5 Å². The van der Waals surface area contributed by atoms with E-state index in [0.29, 0.717) is 12.8 Å². The Bertz CT molecular complexity index is 333. The van der Waals surface area contributed by atoms with E-state index in [0.717, 1.165) is 32.1 Å². The molecule has 0 aliphatic carbocycles. The van der Waals surface area contributed by atoms with E-state index in [-0.39, 0.29) is 5.97 Å². The molecular weight excluding hydrogens is 272 g/mol. The van der Waals surface area contributed by atoms with Gasteiger partial charge in [0.05, 0.1) is 7.11 Å². The second kappa shape index (κ2) is 8.11. The van der Waals surface area contributed by atoms with E-state index in [1.54, 1.807) is 7.11 Å². The number of esters is 1. The summed E-state index contributed by atoms with van der Waals surface area (Å²) >= 11 is 0. The first-order chi connectivity index (χ1) is 9.97. The standard InChI is InChI=1S/C16H30O5/c1-6-8-10-15(3)12-13(14(17)18-4)16(19-5,21-20-15)11-9-7-2/h13H,6-12H2,1-5H3/t13-,15-,16-/m1/s1. The summed E-state index contributed by atoms with van der Waals surface area (Å²) in [5.41, 5.74) is -0.469. The van der Waals surface area contributed by atoms with Crippen LogP contribution in [0.5, 0.6) is 0 Å². The molecule has 1 aliphatic rings. The van der Waals surface area contributed by atoms with E-state index in [2.05, 4.69) is 13.8 Å². The summed E-state index contributed by atoms with van der Waals surface area (Å²) in [6.07, 6.45) is 6.02. The van der Waals surface area contributed by atoms with Crippen molar-refractivity contribution in [1.29, 1.82) is 0 Å². The van der Waals surface area contributed by atoms with Crippen molar-refractivity contribution in [2.24, 2.45) is 5.92 Å². The lowest BCUT2D eigenvalue weighted by molar-refractivity contribution is -0.499. The number of carbonyl (C=O) groups excluding carboxylic acids is 1. The minimum Gasteiger partial charge on any atom is -0.469 e. The SMILES string of the molecule is CCCC[C@]1(C)C[C@H](C(=O)OC)[C@](CCCC)(OC)OO1. The molecule has 0 spiro atoms. The van der Waals surface area contributed by atoms with E-state index >= 15 is 0 Å². The molecule has 0 aromatic carbocycles. The second-order valence-corrected chi connectivity index (χ2v) is 6.12. The molecule has 0 N–H and O–H groups in total. The van der Waals surface area contributed by atoms with Crippen molar-refractivity contribution in [3.05, 3.63) is 0 Å². The minimum absolute atomic E-state index is 0.293. The number of hydrogen-bond acceptors (Lipinski definition) is 5. The van der Waals surface area contributed by atoms with E-state index in [9.17, 15) is 4.79 Å². The molecule has 5 nitrogen and oxygen atoms in total. The summed E-state index contributed by atoms with van der Waals surface area (Å²) in [6, 6.07) is 0. The minimum atomic E-state index is -1.03. The number of unbranched alkanes of at least 4 members (excludes halogenated alkanes) is 2. The van der Waals surface area contributed by atoms with Crippen molar-refractivity contribution < 1.29 is 24.0 Å². The Labute approximate surface area is 128 Å². The molecule has 5 heteroatoms. The molecule has 1 heterocycles. The first kappa shape index (κ1) is 18.4. The summed E-state index contributed by atoms with van der Waals surface area (Å²) < 4.78 is 10.5. The number of carbonyl (C=O) groups is 1. The molecule has 0 amide bonds. The Hall–Kier alpha value is -0.650. The Morgan fingerprint density at radius 3 is 2.29 bits per heavy atom. The van der Waals surface area contributed by atoms with Crippen LogP contribution in [0.25, 0.3) is 0 Å². The van der Waals surface area contributed by atoms with Gasteiger partial charge in [0.1, 0.15) is 11.5 Å². The maximum atomic E-state index is 12.2. The molecule has 1 saturated heterocycles. The maximum Gasteiger partial charge on any atom is 0.314 e. The van der Waals surface area contributed by atoms with Gasteiger partial charge in [-0.25, -0.2) is 4.89 Å². The van der Waals surface area contributed by atoms with Gasteiger partial charge in [0.25, 0.3) is 0 Å². The molecule has 0 saturated carbocycles. The molecule has 1 aliphatic heterocycles. The normalized spacial score (nSPS) is 32.9.